The number of halogens is 8. The third kappa shape index (κ3) is 4.44. The molecule has 17 heteroatoms. The van der Waals surface area contributed by atoms with Crippen LogP contribution in [-0.2, 0) is 25.7 Å². The molecular formula is C32H20BrCl2F5N2O6S. The second-order valence-electron chi connectivity index (χ2n) is 12.1. The molecule has 4 aliphatic rings. The molecule has 2 aliphatic carbocycles. The molecule has 3 fully saturated rings. The fourth-order valence-corrected chi connectivity index (χ4v) is 9.74. The van der Waals surface area contributed by atoms with Crippen LogP contribution in [0.15, 0.2) is 45.8 Å². The quantitative estimate of drug-likeness (QED) is 0.0771. The Labute approximate surface area is 296 Å². The highest BCUT2D eigenvalue weighted by molar-refractivity contribution is 9.10. The number of benzene rings is 2. The molecule has 3 heterocycles. The summed E-state index contributed by atoms with van der Waals surface area (Å²) in [4.78, 5) is 52.4. The molecule has 6 unspecified atom stereocenters. The van der Waals surface area contributed by atoms with Gasteiger partial charge in [-0.05, 0) is 42.3 Å². The molecule has 8 nitrogen and oxygen atoms in total. The number of carbonyl (C=O) groups excluding carboxylic acids is 4. The maximum atomic E-state index is 15.2. The highest BCUT2D eigenvalue weighted by Crippen LogP contribution is 2.67. The van der Waals surface area contributed by atoms with Gasteiger partial charge in [-0.1, -0.05) is 33.6 Å². The van der Waals surface area contributed by atoms with Gasteiger partial charge < -0.3 is 9.84 Å². The van der Waals surface area contributed by atoms with E-state index in [0.29, 0.717) is 4.88 Å². The highest BCUT2D eigenvalue weighted by Gasteiger charge is 2.77. The van der Waals surface area contributed by atoms with Crippen molar-refractivity contribution in [2.75, 3.05) is 12.0 Å². The summed E-state index contributed by atoms with van der Waals surface area (Å²) in [5, 5.41) is 13.2. The normalized spacial score (nSPS) is 29.3. The average molecular weight is 806 g/mol. The van der Waals surface area contributed by atoms with E-state index >= 15 is 8.78 Å². The number of ether oxygens (including phenoxy) is 1. The molecule has 0 bridgehead atoms. The van der Waals surface area contributed by atoms with Gasteiger partial charge in [0.2, 0.25) is 17.6 Å². The van der Waals surface area contributed by atoms with Gasteiger partial charge in [0.25, 0.3) is 11.8 Å². The summed E-state index contributed by atoms with van der Waals surface area (Å²) in [6, 6.07) is 6.17. The van der Waals surface area contributed by atoms with Crippen molar-refractivity contribution in [2.45, 2.75) is 35.1 Å². The number of anilines is 1. The minimum atomic E-state index is -2.79. The van der Waals surface area contributed by atoms with Crippen LogP contribution in [0.2, 0.25) is 0 Å². The molecule has 7 rings (SSSR count). The van der Waals surface area contributed by atoms with Crippen molar-refractivity contribution in [1.82, 2.24) is 4.90 Å². The molecule has 1 saturated carbocycles. The number of thiophene rings is 1. The van der Waals surface area contributed by atoms with Gasteiger partial charge in [-0.25, -0.2) is 26.9 Å². The second kappa shape index (κ2) is 11.5. The lowest BCUT2D eigenvalue weighted by atomic mass is 9.56. The van der Waals surface area contributed by atoms with Gasteiger partial charge in [0, 0.05) is 20.8 Å². The van der Waals surface area contributed by atoms with Gasteiger partial charge in [-0.2, -0.15) is 0 Å². The summed E-state index contributed by atoms with van der Waals surface area (Å²) in [5.41, 5.74) is -1.87. The maximum Gasteiger partial charge on any atom is 0.258 e. The lowest BCUT2D eigenvalue weighted by molar-refractivity contribution is -0.141. The molecule has 1 N–H and O–H groups in total. The Morgan fingerprint density at radius 3 is 2.24 bits per heavy atom. The number of hydrogen-bond acceptors (Lipinski definition) is 7. The van der Waals surface area contributed by atoms with Crippen LogP contribution in [0.3, 0.4) is 0 Å². The summed E-state index contributed by atoms with van der Waals surface area (Å²) in [7, 11) is 1.22. The predicted molar refractivity (Wildman–Crippen MR) is 169 cm³/mol. The van der Waals surface area contributed by atoms with Crippen LogP contribution in [0, 0.1) is 46.8 Å². The molecule has 2 saturated heterocycles. The van der Waals surface area contributed by atoms with Crippen molar-refractivity contribution in [3.63, 3.8) is 0 Å². The smallest absolute Gasteiger partial charge is 0.258 e. The van der Waals surface area contributed by atoms with Crippen LogP contribution in [0.1, 0.15) is 29.2 Å². The number of aromatic hydroxyl groups is 1. The molecule has 49 heavy (non-hydrogen) atoms. The summed E-state index contributed by atoms with van der Waals surface area (Å²) in [5.74, 6) is -22.3. The number of rotatable bonds is 5. The van der Waals surface area contributed by atoms with Gasteiger partial charge in [0.1, 0.15) is 5.69 Å². The zero-order chi connectivity index (χ0) is 35.5. The standard InChI is InChI=1S/C32H20BrCl2F5N2O6S/c1-48-17-8-11(33)7-15(26(17)43)19-13-4-5-14-18(28(45)41(27(14)44)10-12-3-2-6-49-12)16(13)9-31(34)29(46)42(30(47)32(19,31)35)25-23(39)21(37)20(36)22(38)24(25)40/h2-4,6-8,14,16,18-19,43H,5,9-10H2,1H3. The third-order valence-electron chi connectivity index (χ3n) is 9.81. The number of phenolic OH excluding ortho intramolecular Hbond substituents is 1. The molecular weight excluding hydrogens is 786 g/mol. The SMILES string of the molecule is COc1cc(Br)cc(C2C3=CCC4C(=O)N(Cc5cccs5)C(=O)C4C3CC3(Cl)C(=O)N(c4c(F)c(F)c(F)c(F)c4F)C(=O)C23Cl)c1O. The largest absolute Gasteiger partial charge is 0.504 e. The Bertz CT molecular complexity index is 2020. The van der Waals surface area contributed by atoms with Crippen molar-refractivity contribution in [3.05, 3.63) is 85.3 Å². The first-order valence-corrected chi connectivity index (χ1v) is 16.9. The molecule has 1 aromatic heterocycles. The van der Waals surface area contributed by atoms with Gasteiger partial charge in [0.15, 0.2) is 44.5 Å². The molecule has 3 aromatic rings. The Balaban J connectivity index is 1.45. The summed E-state index contributed by atoms with van der Waals surface area (Å²) >= 11 is 18.8. The van der Waals surface area contributed by atoms with Gasteiger partial charge in [-0.15, -0.1) is 34.5 Å². The maximum absolute atomic E-state index is 15.2. The molecule has 6 atom stereocenters. The van der Waals surface area contributed by atoms with E-state index in [2.05, 4.69) is 15.9 Å². The number of allylic oxidation sites excluding steroid dienone is 2. The number of alkyl halides is 2. The Morgan fingerprint density at radius 1 is 0.980 bits per heavy atom. The van der Waals surface area contributed by atoms with E-state index < -0.39 is 104 Å². The third-order valence-corrected chi connectivity index (χ3v) is 12.5. The van der Waals surface area contributed by atoms with Gasteiger partial charge in [0.05, 0.1) is 25.5 Å². The van der Waals surface area contributed by atoms with E-state index in [1.54, 1.807) is 23.6 Å². The van der Waals surface area contributed by atoms with E-state index in [1.165, 1.54) is 30.6 Å². The molecule has 256 valence electrons. The van der Waals surface area contributed by atoms with Crippen molar-refractivity contribution in [3.8, 4) is 11.5 Å². The molecule has 4 amide bonds. The fourth-order valence-electron chi connectivity index (χ4n) is 7.66. The molecule has 0 radical (unpaired) electrons. The summed E-state index contributed by atoms with van der Waals surface area (Å²) in [6.45, 7) is -0.0334. The number of imide groups is 2. The number of fused-ring (bicyclic) bond motifs is 4. The van der Waals surface area contributed by atoms with Gasteiger partial charge >= 0.3 is 0 Å². The number of hydrogen-bond donors (Lipinski definition) is 1. The zero-order valence-electron chi connectivity index (χ0n) is 24.7. The number of phenols is 1. The van der Waals surface area contributed by atoms with Crippen molar-refractivity contribution >= 4 is 79.8 Å². The Hall–Kier alpha value is -3.53. The number of nitrogens with zero attached hydrogens (tertiary/aromatic N) is 2. The highest BCUT2D eigenvalue weighted by atomic mass is 79.9. The first-order valence-electron chi connectivity index (χ1n) is 14.5. The van der Waals surface area contributed by atoms with Crippen molar-refractivity contribution in [1.29, 1.82) is 0 Å². The van der Waals surface area contributed by atoms with Crippen LogP contribution >= 0.6 is 50.5 Å². The van der Waals surface area contributed by atoms with Crippen molar-refractivity contribution in [2.24, 2.45) is 17.8 Å². The number of methoxy groups -OCH3 is 1. The fraction of sp³-hybridized carbons (Fsp3) is 0.312. The first-order chi connectivity index (χ1) is 23.1. The van der Waals surface area contributed by atoms with Crippen LogP contribution < -0.4 is 9.64 Å². The number of carbonyl (C=O) groups is 4. The van der Waals surface area contributed by atoms with E-state index in [1.807, 2.05) is 0 Å². The molecule has 0 spiro atoms. The topological polar surface area (TPSA) is 104 Å². The lowest BCUT2D eigenvalue weighted by Gasteiger charge is -2.50. The minimum absolute atomic E-state index is 0.0316. The van der Waals surface area contributed by atoms with E-state index in [9.17, 15) is 37.5 Å². The van der Waals surface area contributed by atoms with Crippen LogP contribution in [-0.4, -0.2) is 50.5 Å². The van der Waals surface area contributed by atoms with E-state index in [0.717, 1.165) is 4.90 Å². The summed E-state index contributed by atoms with van der Waals surface area (Å²) < 4.78 is 78.9. The zero-order valence-corrected chi connectivity index (χ0v) is 28.6. The van der Waals surface area contributed by atoms with Gasteiger partial charge in [-0.3, -0.25) is 24.1 Å². The predicted octanol–water partition coefficient (Wildman–Crippen LogP) is 6.68. The minimum Gasteiger partial charge on any atom is -0.504 e. The van der Waals surface area contributed by atoms with E-state index in [-0.39, 0.29) is 39.2 Å². The van der Waals surface area contributed by atoms with Crippen molar-refractivity contribution < 1.29 is 51.0 Å². The van der Waals surface area contributed by atoms with Crippen LogP contribution in [0.5, 0.6) is 11.5 Å². The lowest BCUT2D eigenvalue weighted by Crippen LogP contribution is -2.60. The Morgan fingerprint density at radius 2 is 1.63 bits per heavy atom. The molecule has 2 aliphatic heterocycles. The molecule has 2 aromatic carbocycles. The van der Waals surface area contributed by atoms with Crippen LogP contribution in [0.4, 0.5) is 27.6 Å². The monoisotopic (exact) mass is 804 g/mol. The van der Waals surface area contributed by atoms with E-state index in [4.69, 9.17) is 27.9 Å². The summed E-state index contributed by atoms with van der Waals surface area (Å²) in [6.07, 6.45) is 0.856. The first kappa shape index (κ1) is 33.9. The second-order valence-corrected chi connectivity index (χ2v) is 15.3. The average Bonchev–Trinajstić information content (AvgIpc) is 3.71. The Kier molecular flexibility index (Phi) is 7.97. The number of likely N-dealkylation sites (tertiary alicyclic amines) is 1. The van der Waals surface area contributed by atoms with Crippen LogP contribution in [0.25, 0.3) is 0 Å². The number of amides is 4.